The second-order valence-electron chi connectivity index (χ2n) is 5.51. The summed E-state index contributed by atoms with van der Waals surface area (Å²) < 4.78 is 0. The van der Waals surface area contributed by atoms with Gasteiger partial charge in [-0.3, -0.25) is 0 Å². The maximum atomic E-state index is 3.65. The van der Waals surface area contributed by atoms with Crippen LogP contribution in [0.1, 0.15) is 38.2 Å². The third-order valence-electron chi connectivity index (χ3n) is 4.84. The highest BCUT2D eigenvalue weighted by Crippen LogP contribution is 2.50. The summed E-state index contributed by atoms with van der Waals surface area (Å²) in [6, 6.07) is 11.9. The topological polar surface area (TPSA) is 12.0 Å². The molecule has 86 valence electrons. The third kappa shape index (κ3) is 1.41. The van der Waals surface area contributed by atoms with E-state index in [1.54, 1.807) is 5.56 Å². The van der Waals surface area contributed by atoms with Gasteiger partial charge in [-0.25, -0.2) is 0 Å². The number of rotatable bonds is 1. The summed E-state index contributed by atoms with van der Waals surface area (Å²) in [5.74, 6) is 0.851. The van der Waals surface area contributed by atoms with Crippen molar-refractivity contribution in [3.8, 4) is 0 Å². The van der Waals surface area contributed by atoms with E-state index in [0.717, 1.165) is 5.92 Å². The van der Waals surface area contributed by atoms with Gasteiger partial charge in [0.15, 0.2) is 0 Å². The Balaban J connectivity index is 2.01. The quantitative estimate of drug-likeness (QED) is 0.759. The minimum Gasteiger partial charge on any atom is -0.314 e. The van der Waals surface area contributed by atoms with Crippen molar-refractivity contribution in [3.63, 3.8) is 0 Å². The first kappa shape index (κ1) is 10.3. The SMILES string of the molecule is CC1NCCC2(c3ccccc3)CCCC12. The van der Waals surface area contributed by atoms with Gasteiger partial charge in [0, 0.05) is 11.5 Å². The molecule has 0 aromatic heterocycles. The van der Waals surface area contributed by atoms with Gasteiger partial charge in [-0.05, 0) is 44.2 Å². The van der Waals surface area contributed by atoms with Gasteiger partial charge < -0.3 is 5.32 Å². The van der Waals surface area contributed by atoms with Gasteiger partial charge in [0.2, 0.25) is 0 Å². The van der Waals surface area contributed by atoms with E-state index in [2.05, 4.69) is 42.6 Å². The first-order valence-corrected chi connectivity index (χ1v) is 6.62. The Labute approximate surface area is 98.3 Å². The smallest absolute Gasteiger partial charge is 0.00755 e. The molecular formula is C15H21N. The number of hydrogen-bond donors (Lipinski definition) is 1. The van der Waals surface area contributed by atoms with Gasteiger partial charge in [-0.1, -0.05) is 36.8 Å². The van der Waals surface area contributed by atoms with Crippen molar-refractivity contribution in [1.82, 2.24) is 5.32 Å². The molecular weight excluding hydrogens is 194 g/mol. The molecule has 1 aliphatic heterocycles. The van der Waals surface area contributed by atoms with Crippen LogP contribution in [0.3, 0.4) is 0 Å². The molecule has 3 unspecified atom stereocenters. The predicted octanol–water partition coefficient (Wildman–Crippen LogP) is 3.11. The maximum absolute atomic E-state index is 3.65. The molecule has 1 aromatic carbocycles. The van der Waals surface area contributed by atoms with E-state index in [1.807, 2.05) is 0 Å². The van der Waals surface area contributed by atoms with Crippen LogP contribution in [0.2, 0.25) is 0 Å². The molecule has 1 aromatic rings. The molecule has 1 N–H and O–H groups in total. The van der Waals surface area contributed by atoms with E-state index < -0.39 is 0 Å². The standard InChI is InChI=1S/C15H21N/c1-12-14-8-5-9-15(14,10-11-16-12)13-6-3-2-4-7-13/h2-4,6-7,12,14,16H,5,8-11H2,1H3. The van der Waals surface area contributed by atoms with Gasteiger partial charge in [-0.2, -0.15) is 0 Å². The highest BCUT2D eigenvalue weighted by atomic mass is 14.9. The summed E-state index contributed by atoms with van der Waals surface area (Å²) in [5.41, 5.74) is 2.08. The first-order chi connectivity index (χ1) is 7.83. The van der Waals surface area contributed by atoms with E-state index in [9.17, 15) is 0 Å². The summed E-state index contributed by atoms with van der Waals surface area (Å²) in [7, 11) is 0. The summed E-state index contributed by atoms with van der Waals surface area (Å²) in [4.78, 5) is 0. The molecule has 1 aliphatic carbocycles. The van der Waals surface area contributed by atoms with Gasteiger partial charge in [-0.15, -0.1) is 0 Å². The predicted molar refractivity (Wildman–Crippen MR) is 67.5 cm³/mol. The molecule has 1 saturated carbocycles. The molecule has 3 rings (SSSR count). The van der Waals surface area contributed by atoms with E-state index in [4.69, 9.17) is 0 Å². The van der Waals surface area contributed by atoms with Crippen molar-refractivity contribution < 1.29 is 0 Å². The van der Waals surface area contributed by atoms with Crippen LogP contribution in [0.15, 0.2) is 30.3 Å². The van der Waals surface area contributed by atoms with Gasteiger partial charge >= 0.3 is 0 Å². The van der Waals surface area contributed by atoms with Crippen molar-refractivity contribution in [1.29, 1.82) is 0 Å². The summed E-state index contributed by atoms with van der Waals surface area (Å²) in [5, 5.41) is 3.65. The normalized spacial score (nSPS) is 38.3. The van der Waals surface area contributed by atoms with E-state index >= 15 is 0 Å². The Kier molecular flexibility index (Phi) is 2.51. The molecule has 2 aliphatic rings. The molecule has 0 spiro atoms. The molecule has 1 saturated heterocycles. The molecule has 0 amide bonds. The molecule has 16 heavy (non-hydrogen) atoms. The van der Waals surface area contributed by atoms with Crippen LogP contribution in [-0.4, -0.2) is 12.6 Å². The number of benzene rings is 1. The lowest BCUT2D eigenvalue weighted by atomic mass is 9.66. The molecule has 1 heteroatoms. The van der Waals surface area contributed by atoms with E-state index in [1.165, 1.54) is 32.2 Å². The van der Waals surface area contributed by atoms with Crippen molar-refractivity contribution >= 4 is 0 Å². The molecule has 3 atom stereocenters. The average molecular weight is 215 g/mol. The fraction of sp³-hybridized carbons (Fsp3) is 0.600. The number of nitrogens with one attached hydrogen (secondary N) is 1. The lowest BCUT2D eigenvalue weighted by Gasteiger charge is -2.44. The fourth-order valence-electron chi connectivity index (χ4n) is 4.08. The molecule has 0 bridgehead atoms. The lowest BCUT2D eigenvalue weighted by molar-refractivity contribution is 0.186. The minimum absolute atomic E-state index is 0.492. The Morgan fingerprint density at radius 3 is 2.81 bits per heavy atom. The average Bonchev–Trinajstić information content (AvgIpc) is 2.77. The van der Waals surface area contributed by atoms with Crippen molar-refractivity contribution in [3.05, 3.63) is 35.9 Å². The van der Waals surface area contributed by atoms with Crippen LogP contribution in [-0.2, 0) is 5.41 Å². The van der Waals surface area contributed by atoms with Gasteiger partial charge in [0.25, 0.3) is 0 Å². The van der Waals surface area contributed by atoms with Crippen molar-refractivity contribution in [2.75, 3.05) is 6.54 Å². The largest absolute Gasteiger partial charge is 0.314 e. The first-order valence-electron chi connectivity index (χ1n) is 6.62. The zero-order chi connectivity index (χ0) is 11.0. The van der Waals surface area contributed by atoms with Gasteiger partial charge in [0.05, 0.1) is 0 Å². The van der Waals surface area contributed by atoms with Crippen LogP contribution < -0.4 is 5.32 Å². The maximum Gasteiger partial charge on any atom is 0.00755 e. The molecule has 2 fully saturated rings. The lowest BCUT2D eigenvalue weighted by Crippen LogP contribution is -2.50. The Morgan fingerprint density at radius 1 is 1.19 bits per heavy atom. The van der Waals surface area contributed by atoms with E-state index in [0.29, 0.717) is 11.5 Å². The molecule has 1 nitrogen and oxygen atoms in total. The summed E-state index contributed by atoms with van der Waals surface area (Å²) >= 11 is 0. The minimum atomic E-state index is 0.492. The highest BCUT2D eigenvalue weighted by Gasteiger charge is 2.47. The molecule has 0 radical (unpaired) electrons. The van der Waals surface area contributed by atoms with E-state index in [-0.39, 0.29) is 0 Å². The second kappa shape index (κ2) is 3.89. The molecule has 1 heterocycles. The van der Waals surface area contributed by atoms with Gasteiger partial charge in [0.1, 0.15) is 0 Å². The van der Waals surface area contributed by atoms with Crippen molar-refractivity contribution in [2.45, 2.75) is 44.1 Å². The zero-order valence-electron chi connectivity index (χ0n) is 10.1. The van der Waals surface area contributed by atoms with Crippen LogP contribution in [0.5, 0.6) is 0 Å². The summed E-state index contributed by atoms with van der Waals surface area (Å²) in [6.07, 6.45) is 5.54. The van der Waals surface area contributed by atoms with Crippen LogP contribution in [0.25, 0.3) is 0 Å². The Hall–Kier alpha value is -0.820. The third-order valence-corrected chi connectivity index (χ3v) is 4.84. The van der Waals surface area contributed by atoms with Crippen LogP contribution in [0, 0.1) is 5.92 Å². The van der Waals surface area contributed by atoms with Crippen molar-refractivity contribution in [2.24, 2.45) is 5.92 Å². The Morgan fingerprint density at radius 2 is 2.00 bits per heavy atom. The zero-order valence-corrected chi connectivity index (χ0v) is 10.1. The number of piperidine rings is 1. The number of hydrogen-bond acceptors (Lipinski definition) is 1. The van der Waals surface area contributed by atoms with Crippen LogP contribution in [0.4, 0.5) is 0 Å². The Bertz CT molecular complexity index is 359. The monoisotopic (exact) mass is 215 g/mol. The highest BCUT2D eigenvalue weighted by molar-refractivity contribution is 5.29. The fourth-order valence-corrected chi connectivity index (χ4v) is 4.08. The number of fused-ring (bicyclic) bond motifs is 1. The van der Waals surface area contributed by atoms with Crippen LogP contribution >= 0.6 is 0 Å². The second-order valence-corrected chi connectivity index (χ2v) is 5.51. The summed E-state index contributed by atoms with van der Waals surface area (Å²) in [6.45, 7) is 3.55.